The molecule has 0 saturated carbocycles. The van der Waals surface area contributed by atoms with Crippen molar-refractivity contribution in [2.75, 3.05) is 0 Å². The first-order valence-electron chi connectivity index (χ1n) is 5.70. The summed E-state index contributed by atoms with van der Waals surface area (Å²) in [5.41, 5.74) is 1.56. The quantitative estimate of drug-likeness (QED) is 0.454. The van der Waals surface area contributed by atoms with Crippen molar-refractivity contribution in [3.05, 3.63) is 47.3 Å². The Kier molecular flexibility index (Phi) is 3.41. The van der Waals surface area contributed by atoms with Crippen molar-refractivity contribution >= 4 is 0 Å². The van der Waals surface area contributed by atoms with Gasteiger partial charge in [0.2, 0.25) is 0 Å². The second-order valence-electron chi connectivity index (χ2n) is 4.20. The SMILES string of the molecule is Cc1cc(C#C[C@H]2C=CCCC2)ccc1F. The Morgan fingerprint density at radius 2 is 2.25 bits per heavy atom. The number of hydrogen-bond donors (Lipinski definition) is 0. The van der Waals surface area contributed by atoms with Gasteiger partial charge in [-0.2, -0.15) is 0 Å². The van der Waals surface area contributed by atoms with Crippen LogP contribution in [0.15, 0.2) is 30.4 Å². The maximum Gasteiger partial charge on any atom is 0.126 e. The lowest BCUT2D eigenvalue weighted by Gasteiger charge is -2.08. The summed E-state index contributed by atoms with van der Waals surface area (Å²) in [5, 5.41) is 0. The Hall–Kier alpha value is -1.55. The van der Waals surface area contributed by atoms with Crippen LogP contribution in [-0.2, 0) is 0 Å². The fourth-order valence-electron chi connectivity index (χ4n) is 1.83. The molecular weight excluding hydrogens is 199 g/mol. The van der Waals surface area contributed by atoms with Gasteiger partial charge in [-0.05, 0) is 49.9 Å². The molecule has 0 radical (unpaired) electrons. The predicted octanol–water partition coefficient (Wildman–Crippen LogP) is 3.84. The number of allylic oxidation sites excluding steroid dienone is 2. The van der Waals surface area contributed by atoms with Crippen molar-refractivity contribution in [3.8, 4) is 11.8 Å². The van der Waals surface area contributed by atoms with E-state index in [1.165, 1.54) is 18.9 Å². The van der Waals surface area contributed by atoms with E-state index in [9.17, 15) is 4.39 Å². The van der Waals surface area contributed by atoms with Gasteiger partial charge in [-0.15, -0.1) is 0 Å². The van der Waals surface area contributed by atoms with Gasteiger partial charge in [0.25, 0.3) is 0 Å². The van der Waals surface area contributed by atoms with Crippen LogP contribution in [-0.4, -0.2) is 0 Å². The van der Waals surface area contributed by atoms with Gasteiger partial charge < -0.3 is 0 Å². The van der Waals surface area contributed by atoms with Crippen LogP contribution in [0.3, 0.4) is 0 Å². The normalized spacial score (nSPS) is 19.0. The van der Waals surface area contributed by atoms with Crippen molar-refractivity contribution < 1.29 is 4.39 Å². The first-order valence-corrected chi connectivity index (χ1v) is 5.70. The molecule has 1 aromatic carbocycles. The van der Waals surface area contributed by atoms with Gasteiger partial charge in [0.05, 0.1) is 0 Å². The number of rotatable bonds is 0. The fourth-order valence-corrected chi connectivity index (χ4v) is 1.83. The van der Waals surface area contributed by atoms with E-state index < -0.39 is 0 Å². The van der Waals surface area contributed by atoms with Gasteiger partial charge in [-0.25, -0.2) is 4.39 Å². The van der Waals surface area contributed by atoms with Gasteiger partial charge in [0.1, 0.15) is 5.82 Å². The number of halogens is 1. The van der Waals surface area contributed by atoms with Crippen LogP contribution in [0.1, 0.15) is 30.4 Å². The lowest BCUT2D eigenvalue weighted by molar-refractivity contribution is 0.618. The average Bonchev–Trinajstić information content (AvgIpc) is 2.32. The largest absolute Gasteiger partial charge is 0.207 e. The summed E-state index contributed by atoms with van der Waals surface area (Å²) < 4.78 is 13.0. The number of hydrogen-bond acceptors (Lipinski definition) is 0. The molecule has 1 heteroatoms. The first-order chi connectivity index (χ1) is 7.75. The van der Waals surface area contributed by atoms with E-state index >= 15 is 0 Å². The predicted molar refractivity (Wildman–Crippen MR) is 64.5 cm³/mol. The summed E-state index contributed by atoms with van der Waals surface area (Å²) in [6, 6.07) is 5.02. The molecule has 1 atom stereocenters. The lowest BCUT2D eigenvalue weighted by atomic mass is 9.96. The molecule has 0 spiro atoms. The van der Waals surface area contributed by atoms with Crippen LogP contribution in [0.4, 0.5) is 4.39 Å². The highest BCUT2D eigenvalue weighted by Gasteiger charge is 2.03. The van der Waals surface area contributed by atoms with Crippen LogP contribution in [0.2, 0.25) is 0 Å². The monoisotopic (exact) mass is 214 g/mol. The third-order valence-electron chi connectivity index (χ3n) is 2.81. The molecule has 0 nitrogen and oxygen atoms in total. The van der Waals surface area contributed by atoms with Gasteiger partial charge in [-0.1, -0.05) is 24.0 Å². The molecule has 0 aromatic heterocycles. The van der Waals surface area contributed by atoms with Crippen molar-refractivity contribution in [3.63, 3.8) is 0 Å². The van der Waals surface area contributed by atoms with E-state index in [1.54, 1.807) is 19.1 Å². The van der Waals surface area contributed by atoms with E-state index in [1.807, 2.05) is 0 Å². The highest BCUT2D eigenvalue weighted by atomic mass is 19.1. The lowest BCUT2D eigenvalue weighted by Crippen LogP contribution is -1.96. The minimum Gasteiger partial charge on any atom is -0.207 e. The number of benzene rings is 1. The number of aryl methyl sites for hydroxylation is 1. The second kappa shape index (κ2) is 4.99. The molecule has 0 bridgehead atoms. The molecule has 1 aromatic rings. The smallest absolute Gasteiger partial charge is 0.126 e. The van der Waals surface area contributed by atoms with Crippen LogP contribution in [0.25, 0.3) is 0 Å². The Morgan fingerprint density at radius 1 is 1.38 bits per heavy atom. The first kappa shape index (κ1) is 11.0. The van der Waals surface area contributed by atoms with Crippen molar-refractivity contribution in [2.45, 2.75) is 26.2 Å². The molecule has 1 aliphatic carbocycles. The van der Waals surface area contributed by atoms with Crippen LogP contribution in [0.5, 0.6) is 0 Å². The summed E-state index contributed by atoms with van der Waals surface area (Å²) in [4.78, 5) is 0. The van der Waals surface area contributed by atoms with Crippen molar-refractivity contribution in [1.29, 1.82) is 0 Å². The minimum atomic E-state index is -0.164. The fraction of sp³-hybridized carbons (Fsp3) is 0.333. The molecule has 1 aliphatic rings. The maximum atomic E-state index is 13.0. The van der Waals surface area contributed by atoms with Gasteiger partial charge >= 0.3 is 0 Å². The Morgan fingerprint density at radius 3 is 2.94 bits per heavy atom. The Labute approximate surface area is 96.2 Å². The van der Waals surface area contributed by atoms with Crippen LogP contribution < -0.4 is 0 Å². The third kappa shape index (κ3) is 2.73. The zero-order valence-corrected chi connectivity index (χ0v) is 9.46. The molecule has 16 heavy (non-hydrogen) atoms. The second-order valence-corrected chi connectivity index (χ2v) is 4.20. The molecule has 0 aliphatic heterocycles. The summed E-state index contributed by atoms with van der Waals surface area (Å²) in [6.07, 6.45) is 7.90. The molecule has 0 heterocycles. The Bertz CT molecular complexity index is 460. The average molecular weight is 214 g/mol. The highest BCUT2D eigenvalue weighted by molar-refractivity contribution is 5.38. The van der Waals surface area contributed by atoms with Crippen molar-refractivity contribution in [1.82, 2.24) is 0 Å². The highest BCUT2D eigenvalue weighted by Crippen LogP contribution is 2.16. The topological polar surface area (TPSA) is 0 Å². The van der Waals surface area contributed by atoms with E-state index in [2.05, 4.69) is 24.0 Å². The van der Waals surface area contributed by atoms with Gasteiger partial charge in [0, 0.05) is 11.5 Å². The van der Waals surface area contributed by atoms with E-state index in [4.69, 9.17) is 0 Å². The molecule has 0 amide bonds. The third-order valence-corrected chi connectivity index (χ3v) is 2.81. The van der Waals surface area contributed by atoms with Gasteiger partial charge in [-0.3, -0.25) is 0 Å². The zero-order chi connectivity index (χ0) is 11.4. The molecule has 82 valence electrons. The van der Waals surface area contributed by atoms with Crippen LogP contribution in [0, 0.1) is 30.5 Å². The minimum absolute atomic E-state index is 0.164. The van der Waals surface area contributed by atoms with E-state index in [0.717, 1.165) is 12.0 Å². The molecule has 0 fully saturated rings. The summed E-state index contributed by atoms with van der Waals surface area (Å²) >= 11 is 0. The molecule has 0 unspecified atom stereocenters. The van der Waals surface area contributed by atoms with Crippen molar-refractivity contribution in [2.24, 2.45) is 5.92 Å². The summed E-state index contributed by atoms with van der Waals surface area (Å²) in [7, 11) is 0. The van der Waals surface area contributed by atoms with Gasteiger partial charge in [0.15, 0.2) is 0 Å². The summed E-state index contributed by atoms with van der Waals surface area (Å²) in [5.74, 6) is 6.55. The molecular formula is C15H15F. The molecule has 2 rings (SSSR count). The van der Waals surface area contributed by atoms with Crippen LogP contribution >= 0.6 is 0 Å². The molecule has 0 N–H and O–H groups in total. The Balaban J connectivity index is 2.14. The zero-order valence-electron chi connectivity index (χ0n) is 9.46. The molecule has 0 saturated heterocycles. The standard InChI is InChI=1S/C15H15F/c1-12-11-14(9-10-15(12)16)8-7-13-5-3-2-4-6-13/h3,5,9-11,13H,2,4,6H2,1H3/t13-/m0/s1. The van der Waals surface area contributed by atoms with E-state index in [-0.39, 0.29) is 5.82 Å². The maximum absolute atomic E-state index is 13.0. The summed E-state index contributed by atoms with van der Waals surface area (Å²) in [6.45, 7) is 1.76. The van der Waals surface area contributed by atoms with E-state index in [0.29, 0.717) is 11.5 Å².